The minimum absolute atomic E-state index is 0.273. The van der Waals surface area contributed by atoms with Crippen molar-refractivity contribution in [1.29, 1.82) is 0 Å². The summed E-state index contributed by atoms with van der Waals surface area (Å²) < 4.78 is 0. The molecule has 3 N–H and O–H groups in total. The zero-order valence-corrected chi connectivity index (χ0v) is 16.1. The fraction of sp³-hybridized carbons (Fsp3) is 0.526. The van der Waals surface area contributed by atoms with Gasteiger partial charge in [0.1, 0.15) is 5.54 Å². The highest BCUT2D eigenvalue weighted by atomic mass is 35.5. The molecule has 3 aliphatic rings. The van der Waals surface area contributed by atoms with Gasteiger partial charge in [-0.1, -0.05) is 30.7 Å². The molecular formula is C19H22ClN3O4. The first-order valence-corrected chi connectivity index (χ1v) is 9.56. The normalized spacial score (nSPS) is 34.0. The van der Waals surface area contributed by atoms with Crippen molar-refractivity contribution in [1.82, 2.24) is 10.2 Å². The van der Waals surface area contributed by atoms with Crippen LogP contribution in [-0.2, 0) is 19.9 Å². The van der Waals surface area contributed by atoms with Crippen molar-refractivity contribution in [3.63, 3.8) is 0 Å². The summed E-state index contributed by atoms with van der Waals surface area (Å²) in [6.07, 6.45) is -0.299. The molecule has 0 bridgehead atoms. The number of fused-ring (bicyclic) bond motifs is 4. The van der Waals surface area contributed by atoms with Crippen molar-refractivity contribution in [2.24, 2.45) is 11.8 Å². The van der Waals surface area contributed by atoms with E-state index in [1.54, 1.807) is 25.1 Å². The lowest BCUT2D eigenvalue weighted by Crippen LogP contribution is -2.55. The largest absolute Gasteiger partial charge is 0.392 e. The zero-order valence-electron chi connectivity index (χ0n) is 15.3. The SMILES string of the molecule is CC[C@@H](C)N1C(=O)[C@@H]2[C@@H]([C@H](C)O)N[C@@]3(C(=O)Nc4c(Cl)cccc43)[C@@H]2C1=O. The van der Waals surface area contributed by atoms with Crippen molar-refractivity contribution in [3.8, 4) is 0 Å². The summed E-state index contributed by atoms with van der Waals surface area (Å²) in [5.41, 5.74) is -0.421. The van der Waals surface area contributed by atoms with Crippen LogP contribution in [0.25, 0.3) is 0 Å². The van der Waals surface area contributed by atoms with Crippen molar-refractivity contribution in [3.05, 3.63) is 28.8 Å². The molecule has 1 aromatic carbocycles. The minimum atomic E-state index is -1.42. The number of nitrogens with zero attached hydrogens (tertiary/aromatic N) is 1. The molecule has 3 heterocycles. The second kappa shape index (κ2) is 6.02. The standard InChI is InChI=1S/C19H22ClN3O4/c1-4-8(2)23-16(25)12-13(17(23)26)19(22-14(12)9(3)24)10-6-5-7-11(20)15(10)21-18(19)27/h5-9,12-14,22,24H,4H2,1-3H3,(H,21,27)/t8-,9+,12+,13+,14-,19-/m1/s1. The monoisotopic (exact) mass is 391 g/mol. The van der Waals surface area contributed by atoms with Gasteiger partial charge in [0.15, 0.2) is 0 Å². The summed E-state index contributed by atoms with van der Waals surface area (Å²) in [6.45, 7) is 5.27. The Hall–Kier alpha value is -1.96. The van der Waals surface area contributed by atoms with Crippen LogP contribution in [0.5, 0.6) is 0 Å². The van der Waals surface area contributed by atoms with Crippen LogP contribution in [0.4, 0.5) is 5.69 Å². The zero-order chi connectivity index (χ0) is 19.7. The average Bonchev–Trinajstić information content (AvgIpc) is 3.21. The summed E-state index contributed by atoms with van der Waals surface area (Å²) in [5.74, 6) is -2.85. The molecule has 144 valence electrons. The molecule has 7 nitrogen and oxygen atoms in total. The van der Waals surface area contributed by atoms with Crippen molar-refractivity contribution in [2.45, 2.75) is 50.9 Å². The number of aliphatic hydroxyl groups is 1. The molecule has 0 aliphatic carbocycles. The van der Waals surface area contributed by atoms with E-state index in [1.165, 1.54) is 4.90 Å². The van der Waals surface area contributed by atoms with E-state index >= 15 is 0 Å². The Morgan fingerprint density at radius 1 is 1.26 bits per heavy atom. The molecule has 8 heteroatoms. The molecule has 0 unspecified atom stereocenters. The summed E-state index contributed by atoms with van der Waals surface area (Å²) >= 11 is 6.25. The van der Waals surface area contributed by atoms with Crippen LogP contribution < -0.4 is 10.6 Å². The van der Waals surface area contributed by atoms with E-state index in [2.05, 4.69) is 10.6 Å². The van der Waals surface area contributed by atoms with E-state index in [0.717, 1.165) is 0 Å². The van der Waals surface area contributed by atoms with E-state index in [9.17, 15) is 19.5 Å². The van der Waals surface area contributed by atoms with E-state index in [0.29, 0.717) is 22.7 Å². The lowest BCUT2D eigenvalue weighted by atomic mass is 9.76. The Morgan fingerprint density at radius 3 is 2.59 bits per heavy atom. The maximum atomic E-state index is 13.3. The number of rotatable bonds is 3. The van der Waals surface area contributed by atoms with Crippen molar-refractivity contribution < 1.29 is 19.5 Å². The van der Waals surface area contributed by atoms with Gasteiger partial charge in [0.05, 0.1) is 28.6 Å². The molecule has 2 saturated heterocycles. The maximum Gasteiger partial charge on any atom is 0.250 e. The molecule has 3 aliphatic heterocycles. The third-order valence-electron chi connectivity index (χ3n) is 6.22. The van der Waals surface area contributed by atoms with Gasteiger partial charge in [-0.25, -0.2) is 0 Å². The molecule has 27 heavy (non-hydrogen) atoms. The number of para-hydroxylation sites is 1. The highest BCUT2D eigenvalue weighted by Gasteiger charge is 2.71. The number of carbonyl (C=O) groups is 3. The summed E-state index contributed by atoms with van der Waals surface area (Å²) in [7, 11) is 0. The van der Waals surface area contributed by atoms with Crippen LogP contribution in [0.3, 0.4) is 0 Å². The molecule has 1 aromatic rings. The first kappa shape index (κ1) is 18.4. The van der Waals surface area contributed by atoms with Crippen LogP contribution in [0.15, 0.2) is 18.2 Å². The van der Waals surface area contributed by atoms with Crippen molar-refractivity contribution in [2.75, 3.05) is 5.32 Å². The third-order valence-corrected chi connectivity index (χ3v) is 6.53. The number of likely N-dealkylation sites (tertiary alicyclic amines) is 1. The second-order valence-corrected chi connectivity index (χ2v) is 8.05. The Kier molecular flexibility index (Phi) is 4.10. The Balaban J connectivity index is 1.92. The van der Waals surface area contributed by atoms with E-state index in [-0.39, 0.29) is 17.9 Å². The molecule has 0 radical (unpaired) electrons. The number of imide groups is 1. The number of carbonyl (C=O) groups excluding carboxylic acids is 3. The van der Waals surface area contributed by atoms with E-state index in [1.807, 2.05) is 13.8 Å². The predicted molar refractivity (Wildman–Crippen MR) is 99.0 cm³/mol. The van der Waals surface area contributed by atoms with Crippen LogP contribution in [0.2, 0.25) is 5.02 Å². The smallest absolute Gasteiger partial charge is 0.250 e. The molecule has 1 spiro atoms. The number of hydrogen-bond acceptors (Lipinski definition) is 5. The second-order valence-electron chi connectivity index (χ2n) is 7.64. The highest BCUT2D eigenvalue weighted by Crippen LogP contribution is 2.54. The Bertz CT molecular complexity index is 857. The van der Waals surface area contributed by atoms with Gasteiger partial charge in [-0.05, 0) is 26.3 Å². The van der Waals surface area contributed by atoms with Gasteiger partial charge in [-0.3, -0.25) is 24.6 Å². The van der Waals surface area contributed by atoms with Crippen LogP contribution in [-0.4, -0.2) is 45.9 Å². The van der Waals surface area contributed by atoms with Gasteiger partial charge in [-0.15, -0.1) is 0 Å². The Labute approximate surface area is 162 Å². The maximum absolute atomic E-state index is 13.3. The van der Waals surface area contributed by atoms with Gasteiger partial charge in [0.2, 0.25) is 17.7 Å². The fourth-order valence-corrected chi connectivity index (χ4v) is 5.00. The lowest BCUT2D eigenvalue weighted by molar-refractivity contribution is -0.145. The van der Waals surface area contributed by atoms with E-state index < -0.39 is 35.4 Å². The quantitative estimate of drug-likeness (QED) is 0.673. The van der Waals surface area contributed by atoms with Crippen LogP contribution in [0, 0.1) is 11.8 Å². The molecular weight excluding hydrogens is 370 g/mol. The van der Waals surface area contributed by atoms with Gasteiger partial charge < -0.3 is 10.4 Å². The van der Waals surface area contributed by atoms with Gasteiger partial charge in [0.25, 0.3) is 0 Å². The number of halogens is 1. The first-order chi connectivity index (χ1) is 12.8. The number of hydrogen-bond donors (Lipinski definition) is 3. The number of benzene rings is 1. The summed E-state index contributed by atoms with van der Waals surface area (Å²) in [6, 6.07) is 4.12. The van der Waals surface area contributed by atoms with Crippen molar-refractivity contribution >= 4 is 35.0 Å². The van der Waals surface area contributed by atoms with Crippen LogP contribution >= 0.6 is 11.6 Å². The van der Waals surface area contributed by atoms with Gasteiger partial charge >= 0.3 is 0 Å². The first-order valence-electron chi connectivity index (χ1n) is 9.18. The summed E-state index contributed by atoms with van der Waals surface area (Å²) in [5, 5.41) is 16.6. The van der Waals surface area contributed by atoms with Gasteiger partial charge in [-0.2, -0.15) is 0 Å². The highest BCUT2D eigenvalue weighted by molar-refractivity contribution is 6.35. The lowest BCUT2D eigenvalue weighted by Gasteiger charge is -2.31. The molecule has 2 fully saturated rings. The van der Waals surface area contributed by atoms with Crippen LogP contribution in [0.1, 0.15) is 32.8 Å². The topological polar surface area (TPSA) is 98.7 Å². The molecule has 4 rings (SSSR count). The number of anilines is 1. The molecule has 0 saturated carbocycles. The molecule has 6 atom stereocenters. The fourth-order valence-electron chi connectivity index (χ4n) is 4.78. The van der Waals surface area contributed by atoms with Gasteiger partial charge in [0, 0.05) is 17.6 Å². The molecule has 3 amide bonds. The Morgan fingerprint density at radius 2 is 1.96 bits per heavy atom. The minimum Gasteiger partial charge on any atom is -0.392 e. The number of amides is 3. The van der Waals surface area contributed by atoms with E-state index in [4.69, 9.17) is 11.6 Å². The average molecular weight is 392 g/mol. The number of nitrogens with one attached hydrogen (secondary N) is 2. The predicted octanol–water partition coefficient (Wildman–Crippen LogP) is 1.24. The number of aliphatic hydroxyl groups excluding tert-OH is 1. The third kappa shape index (κ3) is 2.19. The molecule has 0 aromatic heterocycles. The summed E-state index contributed by atoms with van der Waals surface area (Å²) in [4.78, 5) is 40.9.